The van der Waals surface area contributed by atoms with Gasteiger partial charge >= 0.3 is 0 Å². The molecular weight excluding hydrogens is 200 g/mol. The lowest BCUT2D eigenvalue weighted by Gasteiger charge is -2.16. The summed E-state index contributed by atoms with van der Waals surface area (Å²) in [5, 5.41) is 1.01. The van der Waals surface area contributed by atoms with Crippen molar-refractivity contribution in [2.24, 2.45) is 11.8 Å². The number of aromatic amines is 1. The van der Waals surface area contributed by atoms with Gasteiger partial charge in [0.05, 0.1) is 0 Å². The lowest BCUT2D eigenvalue weighted by Crippen LogP contribution is -2.13. The van der Waals surface area contributed by atoms with Crippen molar-refractivity contribution < 1.29 is 0 Å². The SMILES string of the molecule is CC(C)C(CS)CSc1ncc[nH]1. The lowest BCUT2D eigenvalue weighted by molar-refractivity contribution is 0.473. The predicted molar refractivity (Wildman–Crippen MR) is 61.5 cm³/mol. The average Bonchev–Trinajstić information content (AvgIpc) is 2.57. The lowest BCUT2D eigenvalue weighted by atomic mass is 10.0. The van der Waals surface area contributed by atoms with E-state index in [4.69, 9.17) is 0 Å². The van der Waals surface area contributed by atoms with Gasteiger partial charge in [-0.15, -0.1) is 0 Å². The number of nitrogens with one attached hydrogen (secondary N) is 1. The third-order valence-corrected chi connectivity index (χ3v) is 3.65. The zero-order valence-corrected chi connectivity index (χ0v) is 9.74. The van der Waals surface area contributed by atoms with Crippen molar-refractivity contribution in [1.29, 1.82) is 0 Å². The van der Waals surface area contributed by atoms with Crippen LogP contribution in [0.15, 0.2) is 17.6 Å². The molecule has 1 heterocycles. The smallest absolute Gasteiger partial charge is 0.165 e. The fourth-order valence-corrected chi connectivity index (χ4v) is 2.86. The summed E-state index contributed by atoms with van der Waals surface area (Å²) in [5.41, 5.74) is 0. The van der Waals surface area contributed by atoms with Crippen LogP contribution in [0.4, 0.5) is 0 Å². The molecule has 1 N–H and O–H groups in total. The molecule has 13 heavy (non-hydrogen) atoms. The van der Waals surface area contributed by atoms with Gasteiger partial charge in [-0.3, -0.25) is 0 Å². The highest BCUT2D eigenvalue weighted by Crippen LogP contribution is 2.22. The van der Waals surface area contributed by atoms with Crippen LogP contribution in [0.3, 0.4) is 0 Å². The minimum Gasteiger partial charge on any atom is -0.340 e. The summed E-state index contributed by atoms with van der Waals surface area (Å²) in [6.07, 6.45) is 3.64. The van der Waals surface area contributed by atoms with Crippen LogP contribution in [0.2, 0.25) is 0 Å². The van der Waals surface area contributed by atoms with E-state index in [9.17, 15) is 0 Å². The standard InChI is InChI=1S/C9H16N2S2/c1-7(2)8(5-12)6-13-9-10-3-4-11-9/h3-4,7-8,12H,5-6H2,1-2H3,(H,10,11). The van der Waals surface area contributed by atoms with Gasteiger partial charge in [0, 0.05) is 18.1 Å². The third kappa shape index (κ3) is 3.65. The molecule has 2 nitrogen and oxygen atoms in total. The van der Waals surface area contributed by atoms with E-state index in [1.54, 1.807) is 18.0 Å². The molecule has 74 valence electrons. The Labute approximate surface area is 89.3 Å². The van der Waals surface area contributed by atoms with Crippen molar-refractivity contribution in [2.45, 2.75) is 19.0 Å². The number of hydrogen-bond acceptors (Lipinski definition) is 3. The molecule has 0 aromatic carbocycles. The van der Waals surface area contributed by atoms with E-state index in [1.165, 1.54) is 0 Å². The van der Waals surface area contributed by atoms with Crippen molar-refractivity contribution in [3.05, 3.63) is 12.4 Å². The zero-order valence-electron chi connectivity index (χ0n) is 8.03. The van der Waals surface area contributed by atoms with Crippen molar-refractivity contribution in [1.82, 2.24) is 9.97 Å². The van der Waals surface area contributed by atoms with Crippen LogP contribution >= 0.6 is 24.4 Å². The number of hydrogen-bond donors (Lipinski definition) is 2. The van der Waals surface area contributed by atoms with E-state index in [2.05, 4.69) is 36.4 Å². The summed E-state index contributed by atoms with van der Waals surface area (Å²) in [4.78, 5) is 7.25. The Morgan fingerprint density at radius 1 is 1.62 bits per heavy atom. The van der Waals surface area contributed by atoms with Crippen molar-refractivity contribution >= 4 is 24.4 Å². The van der Waals surface area contributed by atoms with Crippen LogP contribution in [-0.4, -0.2) is 21.5 Å². The molecule has 4 heteroatoms. The van der Waals surface area contributed by atoms with E-state index < -0.39 is 0 Å². The molecule has 0 saturated carbocycles. The maximum Gasteiger partial charge on any atom is 0.165 e. The highest BCUT2D eigenvalue weighted by atomic mass is 32.2. The van der Waals surface area contributed by atoms with Crippen molar-refractivity contribution in [3.63, 3.8) is 0 Å². The van der Waals surface area contributed by atoms with E-state index in [-0.39, 0.29) is 0 Å². The van der Waals surface area contributed by atoms with Crippen LogP contribution in [0.5, 0.6) is 0 Å². The molecule has 0 spiro atoms. The largest absolute Gasteiger partial charge is 0.340 e. The average molecular weight is 216 g/mol. The molecule has 1 atom stereocenters. The van der Waals surface area contributed by atoms with Gasteiger partial charge < -0.3 is 4.98 Å². The molecule has 1 unspecified atom stereocenters. The van der Waals surface area contributed by atoms with Crippen LogP contribution in [0.1, 0.15) is 13.8 Å². The summed E-state index contributed by atoms with van der Waals surface area (Å²) >= 11 is 6.11. The molecule has 1 aromatic rings. The maximum atomic E-state index is 4.34. The van der Waals surface area contributed by atoms with Gasteiger partial charge in [-0.25, -0.2) is 4.98 Å². The van der Waals surface area contributed by atoms with E-state index in [0.29, 0.717) is 11.8 Å². The van der Waals surface area contributed by atoms with E-state index >= 15 is 0 Å². The van der Waals surface area contributed by atoms with Crippen LogP contribution in [0, 0.1) is 11.8 Å². The predicted octanol–water partition coefficient (Wildman–Crippen LogP) is 2.70. The van der Waals surface area contributed by atoms with Gasteiger partial charge in [-0.1, -0.05) is 25.6 Å². The second-order valence-corrected chi connectivity index (χ2v) is 4.77. The second-order valence-electron chi connectivity index (χ2n) is 3.39. The fraction of sp³-hybridized carbons (Fsp3) is 0.667. The number of nitrogens with zero attached hydrogens (tertiary/aromatic N) is 1. The number of rotatable bonds is 5. The molecule has 0 fully saturated rings. The molecule has 0 bridgehead atoms. The van der Waals surface area contributed by atoms with Gasteiger partial charge in [-0.05, 0) is 17.6 Å². The number of H-pyrrole nitrogens is 1. The van der Waals surface area contributed by atoms with Crippen LogP contribution in [0.25, 0.3) is 0 Å². The second kappa shape index (κ2) is 5.60. The number of thioether (sulfide) groups is 1. The maximum absolute atomic E-state index is 4.34. The van der Waals surface area contributed by atoms with Crippen molar-refractivity contribution in [2.75, 3.05) is 11.5 Å². The molecular formula is C9H16N2S2. The number of imidazole rings is 1. The van der Waals surface area contributed by atoms with Gasteiger partial charge in [0.1, 0.15) is 0 Å². The van der Waals surface area contributed by atoms with Crippen LogP contribution in [-0.2, 0) is 0 Å². The Kier molecular flexibility index (Phi) is 4.73. The molecule has 0 amide bonds. The first-order valence-corrected chi connectivity index (χ1v) is 6.09. The first-order chi connectivity index (χ1) is 6.24. The summed E-state index contributed by atoms with van der Waals surface area (Å²) < 4.78 is 0. The number of aromatic nitrogens is 2. The highest BCUT2D eigenvalue weighted by molar-refractivity contribution is 7.99. The Hall–Kier alpha value is -0.0900. The quantitative estimate of drug-likeness (QED) is 0.585. The Morgan fingerprint density at radius 2 is 2.38 bits per heavy atom. The van der Waals surface area contributed by atoms with Gasteiger partial charge in [0.25, 0.3) is 0 Å². The molecule has 1 rings (SSSR count). The van der Waals surface area contributed by atoms with Gasteiger partial charge in [-0.2, -0.15) is 12.6 Å². The molecule has 1 aromatic heterocycles. The summed E-state index contributed by atoms with van der Waals surface area (Å²) in [5.74, 6) is 3.40. The molecule has 0 aliphatic carbocycles. The summed E-state index contributed by atoms with van der Waals surface area (Å²) in [6.45, 7) is 4.48. The Morgan fingerprint density at radius 3 is 2.85 bits per heavy atom. The highest BCUT2D eigenvalue weighted by Gasteiger charge is 2.12. The van der Waals surface area contributed by atoms with Gasteiger partial charge in [0.2, 0.25) is 0 Å². The normalized spacial score (nSPS) is 13.5. The fourth-order valence-electron chi connectivity index (χ4n) is 0.972. The third-order valence-electron chi connectivity index (χ3n) is 2.08. The molecule has 0 aliphatic heterocycles. The van der Waals surface area contributed by atoms with Crippen molar-refractivity contribution in [3.8, 4) is 0 Å². The minimum absolute atomic E-state index is 0.665. The monoisotopic (exact) mass is 216 g/mol. The first kappa shape index (κ1) is 11.0. The van der Waals surface area contributed by atoms with Gasteiger partial charge in [0.15, 0.2) is 5.16 Å². The first-order valence-electron chi connectivity index (χ1n) is 4.47. The topological polar surface area (TPSA) is 28.7 Å². The summed E-state index contributed by atoms with van der Waals surface area (Å²) in [7, 11) is 0. The van der Waals surface area contributed by atoms with E-state index in [1.807, 2.05) is 6.20 Å². The molecule has 0 radical (unpaired) electrons. The zero-order chi connectivity index (χ0) is 9.68. The van der Waals surface area contributed by atoms with E-state index in [0.717, 1.165) is 16.7 Å². The Balaban J connectivity index is 2.32. The number of thiol groups is 1. The molecule has 0 saturated heterocycles. The minimum atomic E-state index is 0.665. The Bertz CT molecular complexity index is 222. The van der Waals surface area contributed by atoms with Crippen LogP contribution < -0.4 is 0 Å². The molecule has 0 aliphatic rings. The summed E-state index contributed by atoms with van der Waals surface area (Å²) in [6, 6.07) is 0.